The Kier molecular flexibility index (Phi) is 6.98. The fraction of sp³-hybridized carbons (Fsp3) is 0.667. The Morgan fingerprint density at radius 3 is 2.00 bits per heavy atom. The largest absolute Gasteiger partial charge is 0.530 e. The third-order valence-corrected chi connectivity index (χ3v) is 2.66. The van der Waals surface area contributed by atoms with E-state index in [9.17, 15) is 18.7 Å². The third kappa shape index (κ3) is 9.88. The van der Waals surface area contributed by atoms with Crippen LogP contribution in [0.3, 0.4) is 0 Å². The second kappa shape index (κ2) is 7.22. The summed E-state index contributed by atoms with van der Waals surface area (Å²) in [6.07, 6.45) is -1.67. The van der Waals surface area contributed by atoms with Crippen LogP contribution in [0.4, 0.5) is 0 Å². The van der Waals surface area contributed by atoms with Gasteiger partial charge in [0, 0.05) is 0 Å². The first-order chi connectivity index (χ1) is 8.43. The van der Waals surface area contributed by atoms with Gasteiger partial charge in [-0.3, -0.25) is 18.7 Å². The van der Waals surface area contributed by atoms with Crippen LogP contribution in [0.5, 0.6) is 0 Å². The number of rotatable bonds is 8. The molecule has 4 N–H and O–H groups in total. The van der Waals surface area contributed by atoms with Crippen molar-refractivity contribution in [1.29, 1.82) is 0 Å². The van der Waals surface area contributed by atoms with Gasteiger partial charge in [0.1, 0.15) is 19.3 Å². The monoisotopic (exact) mass is 322 g/mol. The summed E-state index contributed by atoms with van der Waals surface area (Å²) in [5.41, 5.74) is 0. The molecule has 0 fully saturated rings. The summed E-state index contributed by atoms with van der Waals surface area (Å²) in [4.78, 5) is 47.2. The van der Waals surface area contributed by atoms with E-state index in [0.717, 1.165) is 6.92 Å². The van der Waals surface area contributed by atoms with Gasteiger partial charge in [0.15, 0.2) is 5.78 Å². The van der Waals surface area contributed by atoms with Gasteiger partial charge in [-0.25, -0.2) is 13.9 Å². The maximum atomic E-state index is 11.1. The highest BCUT2D eigenvalue weighted by atomic mass is 31.2. The molecule has 0 aromatic carbocycles. The van der Waals surface area contributed by atoms with Crippen molar-refractivity contribution in [3.05, 3.63) is 0 Å². The summed E-state index contributed by atoms with van der Waals surface area (Å²) >= 11 is 0. The molecule has 11 nitrogen and oxygen atoms in total. The predicted molar refractivity (Wildman–Crippen MR) is 56.6 cm³/mol. The minimum Gasteiger partial charge on any atom is -0.382 e. The van der Waals surface area contributed by atoms with Gasteiger partial charge in [-0.2, -0.15) is 0 Å². The van der Waals surface area contributed by atoms with E-state index in [1.165, 1.54) is 0 Å². The number of hydrogen-bond acceptors (Lipinski definition) is 8. The van der Waals surface area contributed by atoms with E-state index in [1.54, 1.807) is 0 Å². The first-order valence-corrected chi connectivity index (χ1v) is 7.56. The van der Waals surface area contributed by atoms with Crippen molar-refractivity contribution in [1.82, 2.24) is 0 Å². The number of carbonyl (C=O) groups is 2. The molecule has 19 heavy (non-hydrogen) atoms. The molecule has 0 saturated heterocycles. The van der Waals surface area contributed by atoms with Gasteiger partial charge >= 0.3 is 21.6 Å². The van der Waals surface area contributed by atoms with Crippen LogP contribution in [0.15, 0.2) is 0 Å². The lowest BCUT2D eigenvalue weighted by Crippen LogP contribution is -2.20. The van der Waals surface area contributed by atoms with E-state index in [0.29, 0.717) is 0 Å². The summed E-state index contributed by atoms with van der Waals surface area (Å²) in [5.74, 6) is -2.52. The molecular formula is C6H12O11P2. The molecule has 0 saturated carbocycles. The maximum Gasteiger partial charge on any atom is 0.530 e. The van der Waals surface area contributed by atoms with Crippen molar-refractivity contribution in [2.45, 2.75) is 13.0 Å². The first kappa shape index (κ1) is 18.4. The highest BCUT2D eigenvalue weighted by Gasteiger charge is 2.29. The summed E-state index contributed by atoms with van der Waals surface area (Å²) < 4.78 is 33.0. The standard InChI is InChI=1S/C6H12O11P2/c1-4(7)6(9)17-19(13,14)16-3-5(8)2-15-18(10,11)12/h4,7H,2-3H2,1H3,(H,13,14)(H2,10,11,12). The lowest BCUT2D eigenvalue weighted by Gasteiger charge is -2.12. The van der Waals surface area contributed by atoms with Crippen LogP contribution in [0, 0.1) is 0 Å². The average Bonchev–Trinajstić information content (AvgIpc) is 2.22. The van der Waals surface area contributed by atoms with Crippen LogP contribution in [-0.2, 0) is 32.3 Å². The quantitative estimate of drug-likeness (QED) is 0.391. The highest BCUT2D eigenvalue weighted by molar-refractivity contribution is 7.48. The maximum absolute atomic E-state index is 11.1. The molecular weight excluding hydrogens is 310 g/mol. The summed E-state index contributed by atoms with van der Waals surface area (Å²) in [5, 5.41) is 8.70. The van der Waals surface area contributed by atoms with Gasteiger partial charge in [-0.1, -0.05) is 0 Å². The summed E-state index contributed by atoms with van der Waals surface area (Å²) in [7, 11) is -9.75. The second-order valence-electron chi connectivity index (χ2n) is 3.13. The molecule has 0 aliphatic rings. The van der Waals surface area contributed by atoms with Crippen molar-refractivity contribution in [3.63, 3.8) is 0 Å². The Balaban J connectivity index is 4.17. The highest BCUT2D eigenvalue weighted by Crippen LogP contribution is 2.43. The Labute approximate surface area is 107 Å². The lowest BCUT2D eigenvalue weighted by atomic mass is 10.4. The van der Waals surface area contributed by atoms with E-state index >= 15 is 0 Å². The van der Waals surface area contributed by atoms with Crippen molar-refractivity contribution >= 4 is 27.4 Å². The van der Waals surface area contributed by atoms with E-state index in [4.69, 9.17) is 19.8 Å². The number of carbonyl (C=O) groups excluding carboxylic acids is 2. The average molecular weight is 322 g/mol. The number of hydrogen-bond donors (Lipinski definition) is 4. The van der Waals surface area contributed by atoms with Crippen LogP contribution in [-0.4, -0.2) is 50.9 Å². The molecule has 0 spiro atoms. The zero-order valence-corrected chi connectivity index (χ0v) is 11.3. The van der Waals surface area contributed by atoms with Crippen LogP contribution < -0.4 is 0 Å². The predicted octanol–water partition coefficient (Wildman–Crippen LogP) is -1.29. The number of ketones is 1. The van der Waals surface area contributed by atoms with Gasteiger partial charge < -0.3 is 19.4 Å². The van der Waals surface area contributed by atoms with Gasteiger partial charge in [-0.15, -0.1) is 0 Å². The number of aliphatic hydroxyl groups excluding tert-OH is 1. The van der Waals surface area contributed by atoms with E-state index < -0.39 is 46.7 Å². The Morgan fingerprint density at radius 1 is 1.11 bits per heavy atom. The molecule has 0 aromatic rings. The van der Waals surface area contributed by atoms with E-state index in [2.05, 4.69) is 13.6 Å². The Bertz CT molecular complexity index is 423. The van der Waals surface area contributed by atoms with Crippen molar-refractivity contribution < 1.29 is 52.1 Å². The summed E-state index contributed by atoms with van der Waals surface area (Å²) in [6.45, 7) is -1.17. The molecule has 112 valence electrons. The zero-order chi connectivity index (χ0) is 15.3. The number of phosphoric ester groups is 2. The van der Waals surface area contributed by atoms with Gasteiger partial charge in [0.05, 0.1) is 0 Å². The summed E-state index contributed by atoms with van der Waals surface area (Å²) in [6, 6.07) is 0. The fourth-order valence-corrected chi connectivity index (χ4v) is 1.62. The van der Waals surface area contributed by atoms with Crippen LogP contribution in [0.1, 0.15) is 6.92 Å². The molecule has 0 bridgehead atoms. The van der Waals surface area contributed by atoms with Crippen LogP contribution in [0.25, 0.3) is 0 Å². The molecule has 0 aliphatic heterocycles. The normalized spacial score (nSPS) is 16.5. The SMILES string of the molecule is CC(O)C(=O)OP(=O)(O)OCC(=O)COP(=O)(O)O. The molecule has 2 unspecified atom stereocenters. The molecule has 2 atom stereocenters. The van der Waals surface area contributed by atoms with Gasteiger partial charge in [0.2, 0.25) is 0 Å². The Hall–Kier alpha value is -0.640. The molecule has 0 radical (unpaired) electrons. The minimum absolute atomic E-state index is 0.974. The smallest absolute Gasteiger partial charge is 0.382 e. The van der Waals surface area contributed by atoms with E-state index in [-0.39, 0.29) is 0 Å². The van der Waals surface area contributed by atoms with Crippen LogP contribution in [0.2, 0.25) is 0 Å². The topological polar surface area (TPSA) is 177 Å². The molecule has 0 rings (SSSR count). The molecule has 13 heteroatoms. The molecule has 0 aliphatic carbocycles. The number of aliphatic hydroxyl groups is 1. The zero-order valence-electron chi connectivity index (χ0n) is 9.53. The van der Waals surface area contributed by atoms with E-state index in [1.807, 2.05) is 0 Å². The second-order valence-corrected chi connectivity index (χ2v) is 5.75. The van der Waals surface area contributed by atoms with Crippen molar-refractivity contribution in [3.8, 4) is 0 Å². The van der Waals surface area contributed by atoms with Crippen LogP contribution >= 0.6 is 15.6 Å². The number of phosphoric acid groups is 2. The van der Waals surface area contributed by atoms with Gasteiger partial charge in [0.25, 0.3) is 0 Å². The fourth-order valence-electron chi connectivity index (χ4n) is 0.568. The first-order valence-electron chi connectivity index (χ1n) is 4.53. The number of Topliss-reactive ketones (excluding diaryl/α,β-unsaturated/α-hetero) is 1. The molecule has 0 heterocycles. The minimum atomic E-state index is -4.90. The van der Waals surface area contributed by atoms with Crippen molar-refractivity contribution in [2.24, 2.45) is 0 Å². The van der Waals surface area contributed by atoms with Gasteiger partial charge in [-0.05, 0) is 6.92 Å². The lowest BCUT2D eigenvalue weighted by molar-refractivity contribution is -0.144. The third-order valence-electron chi connectivity index (χ3n) is 1.33. The Morgan fingerprint density at radius 2 is 1.58 bits per heavy atom. The van der Waals surface area contributed by atoms with Crippen molar-refractivity contribution in [2.75, 3.05) is 13.2 Å². The molecule has 0 aromatic heterocycles. The molecule has 0 amide bonds.